The van der Waals surface area contributed by atoms with Crippen molar-refractivity contribution < 1.29 is 4.55 Å². The molecule has 0 aliphatic heterocycles. The van der Waals surface area contributed by atoms with Gasteiger partial charge in [-0.05, 0) is 6.92 Å². The van der Waals surface area contributed by atoms with Gasteiger partial charge in [0.1, 0.15) is 5.75 Å². The Labute approximate surface area is 35.6 Å². The molecule has 31 valence electrons. The molecule has 2 heteroatoms. The molecular weight excluding hydrogens is 84.1 g/mol. The Bertz CT molecular complexity index is 20.9. The number of rotatable bonds is 1. The lowest BCUT2D eigenvalue weighted by Crippen LogP contribution is -1.97. The van der Waals surface area contributed by atoms with Crippen molar-refractivity contribution in [2.45, 2.75) is 0 Å². The van der Waals surface area contributed by atoms with Crippen molar-refractivity contribution in [3.8, 4) is 0 Å². The van der Waals surface area contributed by atoms with Crippen LogP contribution in [-0.2, 0) is 11.2 Å². The molecule has 0 bridgehead atoms. The monoisotopic (exact) mass is 91.0 g/mol. The van der Waals surface area contributed by atoms with Gasteiger partial charge in [-0.25, -0.2) is 0 Å². The van der Waals surface area contributed by atoms with Crippen molar-refractivity contribution in [1.29, 1.82) is 0 Å². The molecule has 0 saturated carbocycles. The van der Waals surface area contributed by atoms with Gasteiger partial charge in [0.25, 0.3) is 0 Å². The second kappa shape index (κ2) is 2.54. The van der Waals surface area contributed by atoms with Gasteiger partial charge in [0.2, 0.25) is 0 Å². The summed E-state index contributed by atoms with van der Waals surface area (Å²) < 4.78 is 9.86. The molecule has 0 rings (SSSR count). The maximum Gasteiger partial charge on any atom is 0.105 e. The summed E-state index contributed by atoms with van der Waals surface area (Å²) in [7, 11) is 0. The number of hydrogen-bond acceptors (Lipinski definition) is 1. The van der Waals surface area contributed by atoms with E-state index < -0.39 is 11.2 Å². The maximum atomic E-state index is 9.86. The molecule has 1 radical (unpaired) electrons. The lowest BCUT2D eigenvalue weighted by Gasteiger charge is -1.95. The van der Waals surface area contributed by atoms with E-state index in [1.54, 1.807) is 6.26 Å². The smallest absolute Gasteiger partial charge is 0.105 e. The average molecular weight is 91.2 g/mol. The molecule has 0 aromatic rings. The molecule has 0 amide bonds. The van der Waals surface area contributed by atoms with E-state index in [1.807, 2.05) is 0 Å². The van der Waals surface area contributed by atoms with Gasteiger partial charge in [-0.15, -0.1) is 0 Å². The second-order valence-electron chi connectivity index (χ2n) is 0.777. The maximum absolute atomic E-state index is 9.86. The van der Waals surface area contributed by atoms with Gasteiger partial charge >= 0.3 is 0 Å². The predicted molar refractivity (Wildman–Crippen MR) is 24.3 cm³/mol. The Morgan fingerprint density at radius 2 is 2.20 bits per heavy atom. The van der Waals surface area contributed by atoms with Gasteiger partial charge in [0.05, 0.1) is 6.26 Å². The van der Waals surface area contributed by atoms with Crippen LogP contribution in [0.3, 0.4) is 0 Å². The highest BCUT2D eigenvalue weighted by Crippen LogP contribution is 1.74. The minimum atomic E-state index is -0.684. The van der Waals surface area contributed by atoms with Crippen LogP contribution in [0.1, 0.15) is 0 Å². The normalized spacial score (nSPS) is 15.0. The molecule has 0 spiro atoms. The van der Waals surface area contributed by atoms with Crippen molar-refractivity contribution in [1.82, 2.24) is 0 Å². The van der Waals surface area contributed by atoms with Crippen LogP contribution in [0.5, 0.6) is 0 Å². The molecule has 0 N–H and O–H groups in total. The van der Waals surface area contributed by atoms with Gasteiger partial charge in [-0.2, -0.15) is 0 Å². The van der Waals surface area contributed by atoms with Crippen LogP contribution in [0.4, 0.5) is 0 Å². The van der Waals surface area contributed by atoms with E-state index in [9.17, 15) is 4.55 Å². The highest BCUT2D eigenvalue weighted by Gasteiger charge is 1.81. The Morgan fingerprint density at radius 1 is 2.00 bits per heavy atom. The fraction of sp³-hybridized carbons (Fsp3) is 0.667. The van der Waals surface area contributed by atoms with E-state index in [1.165, 1.54) is 0 Å². The molecule has 0 aliphatic rings. The van der Waals surface area contributed by atoms with E-state index in [2.05, 4.69) is 6.92 Å². The van der Waals surface area contributed by atoms with Crippen LogP contribution < -0.4 is 0 Å². The molecule has 0 aromatic heterocycles. The van der Waals surface area contributed by atoms with Crippen LogP contribution >= 0.6 is 0 Å². The minimum Gasteiger partial charge on any atom is -0.617 e. The molecule has 0 unspecified atom stereocenters. The van der Waals surface area contributed by atoms with Crippen molar-refractivity contribution in [2.75, 3.05) is 12.0 Å². The first-order chi connectivity index (χ1) is 2.27. The van der Waals surface area contributed by atoms with Gasteiger partial charge in [-0.3, -0.25) is 0 Å². The fourth-order valence-corrected chi connectivity index (χ4v) is 0. The molecule has 0 heterocycles. The highest BCUT2D eigenvalue weighted by atomic mass is 32.2. The van der Waals surface area contributed by atoms with E-state index in [0.717, 1.165) is 0 Å². The minimum absolute atomic E-state index is 0.528. The lowest BCUT2D eigenvalue weighted by molar-refractivity contribution is 0.603. The van der Waals surface area contributed by atoms with E-state index in [0.29, 0.717) is 5.75 Å². The average Bonchev–Trinajstić information content (AvgIpc) is 1.38. The molecule has 0 saturated heterocycles. The summed E-state index contributed by atoms with van der Waals surface area (Å²) >= 11 is -0.684. The topological polar surface area (TPSA) is 23.1 Å². The summed E-state index contributed by atoms with van der Waals surface area (Å²) in [4.78, 5) is 0. The van der Waals surface area contributed by atoms with Crippen LogP contribution in [0.15, 0.2) is 0 Å². The molecule has 0 aromatic carbocycles. The second-order valence-corrected chi connectivity index (χ2v) is 2.33. The third kappa shape index (κ3) is 4.31. The molecule has 1 nitrogen and oxygen atoms in total. The molecular formula is C3H7OS. The van der Waals surface area contributed by atoms with Crippen LogP contribution in [0.25, 0.3) is 0 Å². The van der Waals surface area contributed by atoms with Gasteiger partial charge in [0.15, 0.2) is 0 Å². The third-order valence-corrected chi connectivity index (χ3v) is 0.862. The predicted octanol–water partition coefficient (Wildman–Crippen LogP) is 0.199. The van der Waals surface area contributed by atoms with Crippen LogP contribution in [0, 0.1) is 6.92 Å². The van der Waals surface area contributed by atoms with Gasteiger partial charge < -0.3 is 4.55 Å². The Hall–Kier alpha value is 0.310. The van der Waals surface area contributed by atoms with Crippen molar-refractivity contribution in [3.63, 3.8) is 0 Å². The van der Waals surface area contributed by atoms with E-state index >= 15 is 0 Å². The zero-order valence-corrected chi connectivity index (χ0v) is 4.05. The fourth-order valence-electron chi connectivity index (χ4n) is 0. The SMILES string of the molecule is [CH2]C[S@@+](C)[O-]. The standard InChI is InChI=1S/C3H7OS/c1-3-5(2)4/h1,3H2,2H3/t5-/m1/s1. The summed E-state index contributed by atoms with van der Waals surface area (Å²) in [5, 5.41) is 0. The molecule has 0 fully saturated rings. The van der Waals surface area contributed by atoms with E-state index in [-0.39, 0.29) is 0 Å². The summed E-state index contributed by atoms with van der Waals surface area (Å²) in [6.07, 6.45) is 1.63. The zero-order chi connectivity index (χ0) is 4.28. The third-order valence-electron chi connectivity index (χ3n) is 0.287. The van der Waals surface area contributed by atoms with Gasteiger partial charge in [0, 0.05) is 0 Å². The first-order valence-corrected chi connectivity index (χ1v) is 3.09. The van der Waals surface area contributed by atoms with Gasteiger partial charge in [-0.1, -0.05) is 11.2 Å². The first-order valence-electron chi connectivity index (χ1n) is 1.36. The van der Waals surface area contributed by atoms with Crippen LogP contribution in [-0.4, -0.2) is 16.6 Å². The molecule has 0 aliphatic carbocycles. The Kier molecular flexibility index (Phi) is 2.70. The summed E-state index contributed by atoms with van der Waals surface area (Å²) in [6.45, 7) is 3.39. The quantitative estimate of drug-likeness (QED) is 0.423. The summed E-state index contributed by atoms with van der Waals surface area (Å²) in [6, 6.07) is 0. The highest BCUT2D eigenvalue weighted by molar-refractivity contribution is 7.90. The van der Waals surface area contributed by atoms with Crippen molar-refractivity contribution >= 4 is 11.2 Å². The summed E-state index contributed by atoms with van der Waals surface area (Å²) in [5.74, 6) is 0.528. The lowest BCUT2D eigenvalue weighted by atomic mass is 11.0. The largest absolute Gasteiger partial charge is 0.617 e. The van der Waals surface area contributed by atoms with Crippen molar-refractivity contribution in [2.24, 2.45) is 0 Å². The number of hydrogen-bond donors (Lipinski definition) is 0. The zero-order valence-electron chi connectivity index (χ0n) is 3.23. The summed E-state index contributed by atoms with van der Waals surface area (Å²) in [5.41, 5.74) is 0. The van der Waals surface area contributed by atoms with E-state index in [4.69, 9.17) is 0 Å². The molecule has 5 heavy (non-hydrogen) atoms. The molecule has 1 atom stereocenters. The Balaban J connectivity index is 2.54. The Morgan fingerprint density at radius 3 is 2.20 bits per heavy atom. The van der Waals surface area contributed by atoms with Crippen molar-refractivity contribution in [3.05, 3.63) is 6.92 Å². The first kappa shape index (κ1) is 5.31. The van der Waals surface area contributed by atoms with Crippen LogP contribution in [0.2, 0.25) is 0 Å².